The van der Waals surface area contributed by atoms with E-state index in [1.54, 1.807) is 13.8 Å². The maximum Gasteiger partial charge on any atom is 0.307 e. The highest BCUT2D eigenvalue weighted by molar-refractivity contribution is 6.17. The minimum Gasteiger partial charge on any atom is -0.466 e. The molecule has 0 radical (unpaired) electrons. The second-order valence-corrected chi connectivity index (χ2v) is 6.83. The normalized spacial score (nSPS) is 36.4. The third-order valence-corrected chi connectivity index (χ3v) is 4.60. The van der Waals surface area contributed by atoms with Gasteiger partial charge in [0.25, 0.3) is 0 Å². The smallest absolute Gasteiger partial charge is 0.307 e. The lowest BCUT2D eigenvalue weighted by molar-refractivity contribution is -0.151. The summed E-state index contributed by atoms with van der Waals surface area (Å²) in [5.74, 6) is -0.947. The largest absolute Gasteiger partial charge is 0.466 e. The molecular formula is C15H22O4. The quantitative estimate of drug-likeness (QED) is 0.580. The Morgan fingerprint density at radius 3 is 2.05 bits per heavy atom. The predicted octanol–water partition coefficient (Wildman–Crippen LogP) is 2.15. The summed E-state index contributed by atoms with van der Waals surface area (Å²) in [6.45, 7) is 7.79. The van der Waals surface area contributed by atoms with Crippen molar-refractivity contribution in [2.75, 3.05) is 6.61 Å². The lowest BCUT2D eigenvalue weighted by Crippen LogP contribution is -2.36. The number of ether oxygens (including phenoxy) is 1. The molecule has 0 saturated heterocycles. The summed E-state index contributed by atoms with van der Waals surface area (Å²) in [6.07, 6.45) is 1.40. The van der Waals surface area contributed by atoms with E-state index in [1.807, 2.05) is 0 Å². The zero-order chi connectivity index (χ0) is 14.4. The van der Waals surface area contributed by atoms with E-state index in [9.17, 15) is 14.4 Å². The fourth-order valence-electron chi connectivity index (χ4n) is 3.72. The summed E-state index contributed by atoms with van der Waals surface area (Å²) >= 11 is 0. The van der Waals surface area contributed by atoms with Crippen LogP contribution in [0.3, 0.4) is 0 Å². The van der Waals surface area contributed by atoms with Crippen molar-refractivity contribution in [1.82, 2.24) is 0 Å². The molecule has 0 amide bonds. The Kier molecular flexibility index (Phi) is 3.31. The average molecular weight is 266 g/mol. The zero-order valence-corrected chi connectivity index (χ0v) is 12.1. The Morgan fingerprint density at radius 1 is 1.16 bits per heavy atom. The minimum atomic E-state index is -1.15. The monoisotopic (exact) mass is 266 g/mol. The van der Waals surface area contributed by atoms with E-state index in [1.165, 1.54) is 0 Å². The summed E-state index contributed by atoms with van der Waals surface area (Å²) < 4.78 is 4.89. The van der Waals surface area contributed by atoms with Gasteiger partial charge in [0, 0.05) is 11.8 Å². The number of carbonyl (C=O) groups is 3. The molecule has 19 heavy (non-hydrogen) atoms. The number of ketones is 2. The second-order valence-electron chi connectivity index (χ2n) is 6.83. The third-order valence-electron chi connectivity index (χ3n) is 4.60. The van der Waals surface area contributed by atoms with Gasteiger partial charge in [-0.25, -0.2) is 0 Å². The molecule has 3 atom stereocenters. The van der Waals surface area contributed by atoms with E-state index >= 15 is 0 Å². The van der Waals surface area contributed by atoms with Gasteiger partial charge in [0.1, 0.15) is 0 Å². The van der Waals surface area contributed by atoms with Crippen LogP contribution < -0.4 is 0 Å². The van der Waals surface area contributed by atoms with Crippen LogP contribution in [0.4, 0.5) is 0 Å². The van der Waals surface area contributed by atoms with Crippen LogP contribution >= 0.6 is 0 Å². The van der Waals surface area contributed by atoms with Gasteiger partial charge >= 0.3 is 5.97 Å². The van der Waals surface area contributed by atoms with Crippen molar-refractivity contribution in [2.45, 2.75) is 47.0 Å². The van der Waals surface area contributed by atoms with Crippen LogP contribution in [0.5, 0.6) is 0 Å². The first-order chi connectivity index (χ1) is 8.71. The van der Waals surface area contributed by atoms with E-state index in [2.05, 4.69) is 13.8 Å². The fourth-order valence-corrected chi connectivity index (χ4v) is 3.72. The molecule has 2 fully saturated rings. The number of rotatable bonds is 3. The van der Waals surface area contributed by atoms with Gasteiger partial charge in [0.05, 0.1) is 18.4 Å². The third kappa shape index (κ3) is 2.21. The van der Waals surface area contributed by atoms with Gasteiger partial charge in [-0.05, 0) is 32.1 Å². The first kappa shape index (κ1) is 14.2. The maximum atomic E-state index is 12.5. The molecule has 4 heteroatoms. The van der Waals surface area contributed by atoms with Crippen LogP contribution in [0.1, 0.15) is 47.0 Å². The van der Waals surface area contributed by atoms with E-state index in [-0.39, 0.29) is 41.8 Å². The summed E-state index contributed by atoms with van der Waals surface area (Å²) in [6, 6.07) is 0. The standard InChI is InChI=1S/C15H22O4/c1-5-19-11(16)8-15(4)12(17)9-6-14(2,3)7-10(9)13(15)18/h9-10H,5-8H2,1-4H3/t9-,10+,15?. The number of Topliss-reactive ketones (excluding diaryl/α,β-unsaturated/α-hetero) is 2. The van der Waals surface area contributed by atoms with Gasteiger partial charge in [-0.1, -0.05) is 13.8 Å². The molecule has 2 aliphatic carbocycles. The number of esters is 1. The highest BCUT2D eigenvalue weighted by Crippen LogP contribution is 2.55. The van der Waals surface area contributed by atoms with Crippen molar-refractivity contribution in [2.24, 2.45) is 22.7 Å². The lowest BCUT2D eigenvalue weighted by Gasteiger charge is -2.24. The van der Waals surface area contributed by atoms with Crippen molar-refractivity contribution in [3.8, 4) is 0 Å². The van der Waals surface area contributed by atoms with Crippen LogP contribution in [0.25, 0.3) is 0 Å². The predicted molar refractivity (Wildman–Crippen MR) is 69.4 cm³/mol. The van der Waals surface area contributed by atoms with Gasteiger partial charge in [0.15, 0.2) is 11.6 Å². The van der Waals surface area contributed by atoms with Gasteiger partial charge < -0.3 is 4.74 Å². The van der Waals surface area contributed by atoms with Crippen molar-refractivity contribution in [1.29, 1.82) is 0 Å². The minimum absolute atomic E-state index is 0.0475. The first-order valence-electron chi connectivity index (χ1n) is 6.95. The highest BCUT2D eigenvalue weighted by atomic mass is 16.5. The molecule has 0 aromatic rings. The van der Waals surface area contributed by atoms with Crippen LogP contribution in [-0.2, 0) is 19.1 Å². The second kappa shape index (κ2) is 4.43. The molecule has 0 aliphatic heterocycles. The zero-order valence-electron chi connectivity index (χ0n) is 12.1. The van der Waals surface area contributed by atoms with Crippen molar-refractivity contribution < 1.29 is 19.1 Å². The van der Waals surface area contributed by atoms with Gasteiger partial charge in [-0.3, -0.25) is 14.4 Å². The van der Waals surface area contributed by atoms with Gasteiger partial charge in [0.2, 0.25) is 0 Å². The van der Waals surface area contributed by atoms with Crippen LogP contribution in [-0.4, -0.2) is 24.1 Å². The number of carbonyl (C=O) groups excluding carboxylic acids is 3. The van der Waals surface area contributed by atoms with E-state index in [0.29, 0.717) is 0 Å². The summed E-state index contributed by atoms with van der Waals surface area (Å²) in [5.41, 5.74) is -1.11. The molecule has 2 rings (SSSR count). The van der Waals surface area contributed by atoms with Crippen molar-refractivity contribution >= 4 is 17.5 Å². The van der Waals surface area contributed by atoms with E-state index in [0.717, 1.165) is 12.8 Å². The molecule has 2 aliphatic rings. The Hall–Kier alpha value is -1.19. The molecular weight excluding hydrogens is 244 g/mol. The molecule has 0 heterocycles. The van der Waals surface area contributed by atoms with Crippen LogP contribution in [0, 0.1) is 22.7 Å². The highest BCUT2D eigenvalue weighted by Gasteiger charge is 2.62. The number of hydrogen-bond donors (Lipinski definition) is 0. The summed E-state index contributed by atoms with van der Waals surface area (Å²) in [4.78, 5) is 36.7. The SMILES string of the molecule is CCOC(=O)CC1(C)C(=O)[C@H]2CC(C)(C)C[C@H]2C1=O. The van der Waals surface area contributed by atoms with E-state index in [4.69, 9.17) is 4.74 Å². The summed E-state index contributed by atoms with van der Waals surface area (Å²) in [7, 11) is 0. The van der Waals surface area contributed by atoms with Gasteiger partial charge in [-0.15, -0.1) is 0 Å². The van der Waals surface area contributed by atoms with Crippen LogP contribution in [0.15, 0.2) is 0 Å². The van der Waals surface area contributed by atoms with E-state index < -0.39 is 11.4 Å². The lowest BCUT2D eigenvalue weighted by atomic mass is 9.77. The Balaban J connectivity index is 2.20. The first-order valence-corrected chi connectivity index (χ1v) is 6.95. The molecule has 106 valence electrons. The molecule has 0 aromatic heterocycles. The van der Waals surface area contributed by atoms with Crippen molar-refractivity contribution in [3.63, 3.8) is 0 Å². The Bertz CT molecular complexity index is 409. The fraction of sp³-hybridized carbons (Fsp3) is 0.800. The molecule has 0 bridgehead atoms. The number of hydrogen-bond acceptors (Lipinski definition) is 4. The molecule has 0 aromatic carbocycles. The molecule has 4 nitrogen and oxygen atoms in total. The maximum absolute atomic E-state index is 12.5. The topological polar surface area (TPSA) is 60.4 Å². The van der Waals surface area contributed by atoms with Crippen LogP contribution in [0.2, 0.25) is 0 Å². The Labute approximate surface area is 113 Å². The Morgan fingerprint density at radius 2 is 1.63 bits per heavy atom. The molecule has 2 saturated carbocycles. The molecule has 0 N–H and O–H groups in total. The number of fused-ring (bicyclic) bond motifs is 1. The molecule has 1 unspecified atom stereocenters. The average Bonchev–Trinajstić information content (AvgIpc) is 2.69. The molecule has 0 spiro atoms. The van der Waals surface area contributed by atoms with Gasteiger partial charge in [-0.2, -0.15) is 0 Å². The van der Waals surface area contributed by atoms with Crippen molar-refractivity contribution in [3.05, 3.63) is 0 Å². The summed E-state index contributed by atoms with van der Waals surface area (Å²) in [5, 5.41) is 0.